The maximum atomic E-state index is 12.2. The smallest absolute Gasteiger partial charge is 0.270 e. The fourth-order valence-corrected chi connectivity index (χ4v) is 3.39. The minimum atomic E-state index is -0.0829. The largest absolute Gasteiger partial charge is 0.349 e. The first-order valence-corrected chi connectivity index (χ1v) is 9.06. The topological polar surface area (TPSA) is 71.2 Å². The predicted octanol–water partition coefficient (Wildman–Crippen LogP) is 2.97. The van der Waals surface area contributed by atoms with Crippen LogP contribution in [0.3, 0.4) is 0 Å². The Morgan fingerprint density at radius 3 is 2.46 bits per heavy atom. The fraction of sp³-hybridized carbons (Fsp3) is 0.750. The number of carbonyl (C=O) groups excluding carboxylic acids is 1. The molecule has 1 amide bonds. The van der Waals surface area contributed by atoms with Crippen molar-refractivity contribution >= 4 is 42.1 Å². The highest BCUT2D eigenvalue weighted by Crippen LogP contribution is 2.12. The molecule has 0 bridgehead atoms. The summed E-state index contributed by atoms with van der Waals surface area (Å²) in [6, 6.07) is 0.376. The van der Waals surface area contributed by atoms with Gasteiger partial charge in [-0.3, -0.25) is 9.69 Å². The van der Waals surface area contributed by atoms with E-state index in [2.05, 4.69) is 42.9 Å². The molecule has 1 unspecified atom stereocenters. The van der Waals surface area contributed by atoms with Gasteiger partial charge in [0.05, 0.1) is 5.01 Å². The zero-order valence-corrected chi connectivity index (χ0v) is 17.5. The number of nitrogens with zero attached hydrogens (tertiary/aromatic N) is 2. The second-order valence-electron chi connectivity index (χ2n) is 5.88. The van der Waals surface area contributed by atoms with Crippen molar-refractivity contribution < 1.29 is 4.79 Å². The molecule has 8 heteroatoms. The van der Waals surface area contributed by atoms with Crippen LogP contribution in [0.15, 0.2) is 5.38 Å². The standard InChI is InChI=1S/C16H30N4OS.2ClH/c1-5-20(6-2)13(9-12(3)4)10-18-16(21)14-11-22-15(19-14)7-8-17;;/h11-13H,5-10,17H2,1-4H3,(H,18,21);2*1H. The van der Waals surface area contributed by atoms with Crippen molar-refractivity contribution in [3.05, 3.63) is 16.1 Å². The first kappa shape index (κ1) is 25.8. The van der Waals surface area contributed by atoms with E-state index >= 15 is 0 Å². The monoisotopic (exact) mass is 398 g/mol. The molecule has 0 aromatic carbocycles. The van der Waals surface area contributed by atoms with Crippen LogP contribution in [0.5, 0.6) is 0 Å². The molecule has 0 saturated heterocycles. The molecule has 1 heterocycles. The van der Waals surface area contributed by atoms with Crippen molar-refractivity contribution in [2.24, 2.45) is 11.7 Å². The zero-order valence-electron chi connectivity index (χ0n) is 15.1. The molecule has 5 nitrogen and oxygen atoms in total. The number of nitrogens with one attached hydrogen (secondary N) is 1. The molecule has 0 fully saturated rings. The van der Waals surface area contributed by atoms with Gasteiger partial charge in [0.15, 0.2) is 0 Å². The Morgan fingerprint density at radius 2 is 1.96 bits per heavy atom. The Hall–Kier alpha value is -0.400. The molecule has 3 N–H and O–H groups in total. The molecule has 0 aliphatic heterocycles. The molecule has 0 aliphatic rings. The SMILES string of the molecule is CCN(CC)C(CNC(=O)c1csc(CCN)n1)CC(C)C.Cl.Cl. The van der Waals surface area contributed by atoms with Crippen LogP contribution >= 0.6 is 36.2 Å². The summed E-state index contributed by atoms with van der Waals surface area (Å²) in [7, 11) is 0. The van der Waals surface area contributed by atoms with Gasteiger partial charge in [0.2, 0.25) is 0 Å². The summed E-state index contributed by atoms with van der Waals surface area (Å²) in [6.07, 6.45) is 1.81. The number of halogens is 2. The van der Waals surface area contributed by atoms with Gasteiger partial charge in [-0.25, -0.2) is 4.98 Å². The third-order valence-electron chi connectivity index (χ3n) is 3.71. The van der Waals surface area contributed by atoms with Gasteiger partial charge in [-0.1, -0.05) is 27.7 Å². The lowest BCUT2D eigenvalue weighted by Crippen LogP contribution is -2.44. The molecular formula is C16H32Cl2N4OS. The Morgan fingerprint density at radius 1 is 1.33 bits per heavy atom. The van der Waals surface area contributed by atoms with E-state index in [1.54, 1.807) is 0 Å². The quantitative estimate of drug-likeness (QED) is 0.635. The molecule has 0 spiro atoms. The zero-order chi connectivity index (χ0) is 16.5. The number of hydrogen-bond acceptors (Lipinski definition) is 5. The van der Waals surface area contributed by atoms with E-state index in [1.165, 1.54) is 11.3 Å². The lowest BCUT2D eigenvalue weighted by atomic mass is 10.0. The maximum absolute atomic E-state index is 12.2. The molecule has 1 aromatic rings. The van der Waals surface area contributed by atoms with Crippen LogP contribution in [0.2, 0.25) is 0 Å². The van der Waals surface area contributed by atoms with Crippen LogP contribution in [-0.4, -0.2) is 48.0 Å². The number of hydrogen-bond donors (Lipinski definition) is 2. The van der Waals surface area contributed by atoms with E-state index in [9.17, 15) is 4.79 Å². The van der Waals surface area contributed by atoms with Gasteiger partial charge in [-0.05, 0) is 32.0 Å². The first-order chi connectivity index (χ1) is 10.5. The number of carbonyl (C=O) groups is 1. The van der Waals surface area contributed by atoms with Gasteiger partial charge in [0.1, 0.15) is 5.69 Å². The highest BCUT2D eigenvalue weighted by Gasteiger charge is 2.19. The molecule has 1 aromatic heterocycles. The molecule has 142 valence electrons. The van der Waals surface area contributed by atoms with Crippen LogP contribution in [-0.2, 0) is 6.42 Å². The van der Waals surface area contributed by atoms with E-state index in [4.69, 9.17) is 5.73 Å². The number of nitrogens with two attached hydrogens (primary N) is 1. The Kier molecular flexibility index (Phi) is 14.9. The molecular weight excluding hydrogens is 367 g/mol. The average molecular weight is 399 g/mol. The molecule has 24 heavy (non-hydrogen) atoms. The Labute approximate surface area is 162 Å². The first-order valence-electron chi connectivity index (χ1n) is 8.18. The third kappa shape index (κ3) is 8.62. The van der Waals surface area contributed by atoms with Gasteiger partial charge < -0.3 is 11.1 Å². The summed E-state index contributed by atoms with van der Waals surface area (Å²) in [5.41, 5.74) is 6.03. The van der Waals surface area contributed by atoms with E-state index in [0.717, 1.165) is 30.9 Å². The number of rotatable bonds is 10. The minimum Gasteiger partial charge on any atom is -0.349 e. The summed E-state index contributed by atoms with van der Waals surface area (Å²) in [5.74, 6) is 0.526. The highest BCUT2D eigenvalue weighted by molar-refractivity contribution is 7.09. The van der Waals surface area contributed by atoms with Crippen molar-refractivity contribution in [1.29, 1.82) is 0 Å². The van der Waals surface area contributed by atoms with Crippen molar-refractivity contribution in [3.63, 3.8) is 0 Å². The Balaban J connectivity index is 0. The van der Waals surface area contributed by atoms with E-state index in [1.807, 2.05) is 5.38 Å². The van der Waals surface area contributed by atoms with Crippen molar-refractivity contribution in [1.82, 2.24) is 15.2 Å². The van der Waals surface area contributed by atoms with E-state index < -0.39 is 0 Å². The van der Waals surface area contributed by atoms with Gasteiger partial charge in [-0.2, -0.15) is 0 Å². The molecule has 0 aliphatic carbocycles. The summed E-state index contributed by atoms with van der Waals surface area (Å²) in [5, 5.41) is 5.78. The van der Waals surface area contributed by atoms with Crippen molar-refractivity contribution in [2.45, 2.75) is 46.6 Å². The van der Waals surface area contributed by atoms with Crippen molar-refractivity contribution in [3.8, 4) is 0 Å². The van der Waals surface area contributed by atoms with Gasteiger partial charge in [-0.15, -0.1) is 36.2 Å². The summed E-state index contributed by atoms with van der Waals surface area (Å²) < 4.78 is 0. The fourth-order valence-electron chi connectivity index (χ4n) is 2.60. The Bertz CT molecular complexity index is 453. The molecule has 1 atom stereocenters. The van der Waals surface area contributed by atoms with Crippen molar-refractivity contribution in [2.75, 3.05) is 26.2 Å². The summed E-state index contributed by atoms with van der Waals surface area (Å²) >= 11 is 1.50. The van der Waals surface area contributed by atoms with Crippen LogP contribution in [0, 0.1) is 5.92 Å². The normalized spacial score (nSPS) is 11.8. The van der Waals surface area contributed by atoms with E-state index in [0.29, 0.717) is 30.7 Å². The summed E-state index contributed by atoms with van der Waals surface area (Å²) in [4.78, 5) is 19.0. The van der Waals surface area contributed by atoms with Crippen LogP contribution in [0.1, 0.15) is 49.6 Å². The highest BCUT2D eigenvalue weighted by atomic mass is 35.5. The molecule has 0 saturated carbocycles. The van der Waals surface area contributed by atoms with Gasteiger partial charge in [0.25, 0.3) is 5.91 Å². The second-order valence-corrected chi connectivity index (χ2v) is 6.82. The van der Waals surface area contributed by atoms with Gasteiger partial charge in [0, 0.05) is 24.4 Å². The third-order valence-corrected chi connectivity index (χ3v) is 4.62. The lowest BCUT2D eigenvalue weighted by molar-refractivity contribution is 0.0924. The summed E-state index contributed by atoms with van der Waals surface area (Å²) in [6.45, 7) is 12.0. The number of thiazole rings is 1. The number of likely N-dealkylation sites (N-methyl/N-ethyl adjacent to an activating group) is 1. The number of aromatic nitrogens is 1. The van der Waals surface area contributed by atoms with Gasteiger partial charge >= 0.3 is 0 Å². The number of amides is 1. The molecule has 1 rings (SSSR count). The molecule has 0 radical (unpaired) electrons. The minimum absolute atomic E-state index is 0. The van der Waals surface area contributed by atoms with Crippen LogP contribution < -0.4 is 11.1 Å². The average Bonchev–Trinajstić information content (AvgIpc) is 2.94. The van der Waals surface area contributed by atoms with Crippen LogP contribution in [0.25, 0.3) is 0 Å². The van der Waals surface area contributed by atoms with E-state index in [-0.39, 0.29) is 30.7 Å². The second kappa shape index (κ2) is 13.8. The predicted molar refractivity (Wildman–Crippen MR) is 108 cm³/mol. The lowest BCUT2D eigenvalue weighted by Gasteiger charge is -2.31. The van der Waals surface area contributed by atoms with Crippen LogP contribution in [0.4, 0.5) is 0 Å². The maximum Gasteiger partial charge on any atom is 0.270 e.